The van der Waals surface area contributed by atoms with Crippen LogP contribution in [-0.4, -0.2) is 12.1 Å². The molecule has 1 rings (SSSR count). The predicted molar refractivity (Wildman–Crippen MR) is 76.5 cm³/mol. The highest BCUT2D eigenvalue weighted by Crippen LogP contribution is 2.31. The summed E-state index contributed by atoms with van der Waals surface area (Å²) in [4.78, 5) is 0. The first kappa shape index (κ1) is 16.1. The minimum atomic E-state index is -0.727. The number of hydrogen-bond donors (Lipinski definition) is 1. The van der Waals surface area contributed by atoms with E-state index in [0.29, 0.717) is 11.1 Å². The molecule has 0 fully saturated rings. The molecule has 1 aromatic carbocycles. The zero-order chi connectivity index (χ0) is 14.8. The summed E-state index contributed by atoms with van der Waals surface area (Å²) in [5, 5.41) is 3.38. The van der Waals surface area contributed by atoms with Gasteiger partial charge in [0, 0.05) is 5.54 Å². The van der Waals surface area contributed by atoms with Gasteiger partial charge in [0.15, 0.2) is 11.6 Å². The van der Waals surface area contributed by atoms with Gasteiger partial charge >= 0.3 is 0 Å². The number of benzene rings is 1. The van der Waals surface area contributed by atoms with Crippen molar-refractivity contribution in [3.63, 3.8) is 0 Å². The Morgan fingerprint density at radius 3 is 2.11 bits per heavy atom. The maximum Gasteiger partial charge on any atom is 0.162 e. The minimum absolute atomic E-state index is 0.0349. The van der Waals surface area contributed by atoms with Crippen LogP contribution in [-0.2, 0) is 5.41 Å². The lowest BCUT2D eigenvalue weighted by Gasteiger charge is -2.29. The third kappa shape index (κ3) is 4.27. The Labute approximate surface area is 115 Å². The monoisotopic (exact) mass is 269 g/mol. The van der Waals surface area contributed by atoms with E-state index in [1.165, 1.54) is 0 Å². The van der Waals surface area contributed by atoms with Crippen molar-refractivity contribution < 1.29 is 8.78 Å². The lowest BCUT2D eigenvalue weighted by molar-refractivity contribution is 0.368. The van der Waals surface area contributed by atoms with E-state index in [2.05, 4.69) is 26.1 Å². The van der Waals surface area contributed by atoms with Crippen LogP contribution in [0.3, 0.4) is 0 Å². The van der Waals surface area contributed by atoms with Gasteiger partial charge in [-0.1, -0.05) is 26.0 Å². The van der Waals surface area contributed by atoms with E-state index in [1.54, 1.807) is 19.1 Å². The second-order valence-electron chi connectivity index (χ2n) is 6.87. The first-order valence-corrected chi connectivity index (χ1v) is 6.75. The molecule has 0 unspecified atom stereocenters. The van der Waals surface area contributed by atoms with Gasteiger partial charge in [0.2, 0.25) is 0 Å². The third-order valence-corrected chi connectivity index (χ3v) is 3.41. The van der Waals surface area contributed by atoms with Crippen LogP contribution in [0.4, 0.5) is 8.78 Å². The summed E-state index contributed by atoms with van der Waals surface area (Å²) < 4.78 is 27.7. The van der Waals surface area contributed by atoms with Gasteiger partial charge in [-0.15, -0.1) is 0 Å². The number of halogens is 2. The maximum absolute atomic E-state index is 14.0. The molecule has 0 saturated carbocycles. The Bertz CT molecular complexity index is 445. The number of aryl methyl sites for hydroxylation is 1. The standard InChI is InChI=1S/C16H25F2N/c1-11-7-8-12(14(18)13(11)17)16(5,6)9-10-19-15(2,3)4/h7-8,19H,9-10H2,1-6H3. The van der Waals surface area contributed by atoms with Crippen LogP contribution >= 0.6 is 0 Å². The summed E-state index contributed by atoms with van der Waals surface area (Å²) in [6.45, 7) is 12.5. The Kier molecular flexibility index (Phi) is 4.72. The average molecular weight is 269 g/mol. The number of rotatable bonds is 4. The van der Waals surface area contributed by atoms with Crippen molar-refractivity contribution in [3.05, 3.63) is 34.9 Å². The third-order valence-electron chi connectivity index (χ3n) is 3.41. The van der Waals surface area contributed by atoms with Crippen molar-refractivity contribution in [3.8, 4) is 0 Å². The fourth-order valence-electron chi connectivity index (χ4n) is 2.05. The van der Waals surface area contributed by atoms with Crippen LogP contribution in [0.1, 0.15) is 52.2 Å². The molecule has 0 amide bonds. The molecule has 0 heterocycles. The van der Waals surface area contributed by atoms with Gasteiger partial charge in [-0.05, 0) is 57.2 Å². The molecule has 1 N–H and O–H groups in total. The molecule has 0 aromatic heterocycles. The molecule has 0 radical (unpaired) electrons. The second-order valence-corrected chi connectivity index (χ2v) is 6.87. The van der Waals surface area contributed by atoms with Crippen LogP contribution in [0.2, 0.25) is 0 Å². The molecule has 0 aliphatic rings. The molecule has 3 heteroatoms. The Hall–Kier alpha value is -0.960. The zero-order valence-electron chi connectivity index (χ0n) is 12.8. The highest BCUT2D eigenvalue weighted by molar-refractivity contribution is 5.30. The summed E-state index contributed by atoms with van der Waals surface area (Å²) in [5.41, 5.74) is 0.445. The SMILES string of the molecule is Cc1ccc(C(C)(C)CCNC(C)(C)C)c(F)c1F. The average Bonchev–Trinajstić information content (AvgIpc) is 2.23. The molecule has 0 bridgehead atoms. The van der Waals surface area contributed by atoms with Gasteiger partial charge in [-0.3, -0.25) is 0 Å². The van der Waals surface area contributed by atoms with Crippen molar-refractivity contribution in [2.24, 2.45) is 0 Å². The van der Waals surface area contributed by atoms with Crippen LogP contribution < -0.4 is 5.32 Å². The fraction of sp³-hybridized carbons (Fsp3) is 0.625. The van der Waals surface area contributed by atoms with Gasteiger partial charge < -0.3 is 5.32 Å². The summed E-state index contributed by atoms with van der Waals surface area (Å²) >= 11 is 0. The Morgan fingerprint density at radius 2 is 1.58 bits per heavy atom. The first-order chi connectivity index (χ1) is 8.54. The van der Waals surface area contributed by atoms with Crippen molar-refractivity contribution in [2.75, 3.05) is 6.54 Å². The second kappa shape index (κ2) is 5.58. The minimum Gasteiger partial charge on any atom is -0.312 e. The summed E-state index contributed by atoms with van der Waals surface area (Å²) in [5.74, 6) is -1.44. The lowest BCUT2D eigenvalue weighted by atomic mass is 9.80. The number of hydrogen-bond acceptors (Lipinski definition) is 1. The van der Waals surface area contributed by atoms with Crippen LogP contribution in [0.25, 0.3) is 0 Å². The highest BCUT2D eigenvalue weighted by atomic mass is 19.2. The molecular weight excluding hydrogens is 244 g/mol. The van der Waals surface area contributed by atoms with Crippen LogP contribution in [0.5, 0.6) is 0 Å². The normalized spacial score (nSPS) is 12.8. The van der Waals surface area contributed by atoms with Crippen molar-refractivity contribution in [2.45, 2.75) is 58.9 Å². The molecule has 0 aliphatic heterocycles. The van der Waals surface area contributed by atoms with Crippen LogP contribution in [0.15, 0.2) is 12.1 Å². The molecule has 1 aromatic rings. The molecule has 1 nitrogen and oxygen atoms in total. The van der Waals surface area contributed by atoms with Crippen molar-refractivity contribution in [1.82, 2.24) is 5.32 Å². The van der Waals surface area contributed by atoms with E-state index in [-0.39, 0.29) is 5.54 Å². The first-order valence-electron chi connectivity index (χ1n) is 6.75. The molecule has 0 saturated heterocycles. The lowest BCUT2D eigenvalue weighted by Crippen LogP contribution is -2.38. The van der Waals surface area contributed by atoms with E-state index in [0.717, 1.165) is 13.0 Å². The van der Waals surface area contributed by atoms with Gasteiger partial charge in [0.25, 0.3) is 0 Å². The Balaban J connectivity index is 2.86. The van der Waals surface area contributed by atoms with Gasteiger partial charge in [-0.25, -0.2) is 8.78 Å². The predicted octanol–water partition coefficient (Wildman–Crippen LogP) is 4.33. The smallest absolute Gasteiger partial charge is 0.162 e. The molecule has 0 atom stereocenters. The maximum atomic E-state index is 14.0. The van der Waals surface area contributed by atoms with E-state index in [9.17, 15) is 8.78 Å². The quantitative estimate of drug-likeness (QED) is 0.858. The highest BCUT2D eigenvalue weighted by Gasteiger charge is 2.26. The summed E-state index contributed by atoms with van der Waals surface area (Å²) in [6, 6.07) is 3.34. The van der Waals surface area contributed by atoms with Gasteiger partial charge in [0.1, 0.15) is 0 Å². The largest absolute Gasteiger partial charge is 0.312 e. The Morgan fingerprint density at radius 1 is 1.00 bits per heavy atom. The van der Waals surface area contributed by atoms with Crippen LogP contribution in [0, 0.1) is 18.6 Å². The number of nitrogens with one attached hydrogen (secondary N) is 1. The molecule has 0 aliphatic carbocycles. The van der Waals surface area contributed by atoms with E-state index < -0.39 is 17.0 Å². The topological polar surface area (TPSA) is 12.0 Å². The summed E-state index contributed by atoms with van der Waals surface area (Å²) in [7, 11) is 0. The molecule has 19 heavy (non-hydrogen) atoms. The summed E-state index contributed by atoms with van der Waals surface area (Å²) in [6.07, 6.45) is 0.754. The van der Waals surface area contributed by atoms with Gasteiger partial charge in [0.05, 0.1) is 0 Å². The van der Waals surface area contributed by atoms with Gasteiger partial charge in [-0.2, -0.15) is 0 Å². The zero-order valence-corrected chi connectivity index (χ0v) is 12.8. The van der Waals surface area contributed by atoms with E-state index >= 15 is 0 Å². The van der Waals surface area contributed by atoms with Crippen molar-refractivity contribution in [1.29, 1.82) is 0 Å². The van der Waals surface area contributed by atoms with E-state index in [4.69, 9.17) is 0 Å². The molecule has 0 spiro atoms. The van der Waals surface area contributed by atoms with Crippen molar-refractivity contribution >= 4 is 0 Å². The molecule has 108 valence electrons. The van der Waals surface area contributed by atoms with E-state index in [1.807, 2.05) is 13.8 Å². The molecular formula is C16H25F2N. The fourth-order valence-corrected chi connectivity index (χ4v) is 2.05.